The highest BCUT2D eigenvalue weighted by Gasteiger charge is 2.31. The molecule has 2 N–H and O–H groups in total. The Balaban J connectivity index is 1.93. The van der Waals surface area contributed by atoms with E-state index in [1.807, 2.05) is 0 Å². The zero-order valence-electron chi connectivity index (χ0n) is 12.7. The van der Waals surface area contributed by atoms with Crippen LogP contribution in [0.15, 0.2) is 24.3 Å². The first-order valence-corrected chi connectivity index (χ1v) is 7.49. The molecule has 0 saturated carbocycles. The first kappa shape index (κ1) is 17.3. The monoisotopic (exact) mass is 328 g/mol. The fourth-order valence-corrected chi connectivity index (χ4v) is 2.55. The van der Waals surface area contributed by atoms with Gasteiger partial charge in [-0.05, 0) is 24.0 Å². The van der Waals surface area contributed by atoms with Gasteiger partial charge in [0.05, 0.1) is 5.56 Å². The van der Waals surface area contributed by atoms with Crippen LogP contribution < -0.4 is 10.6 Å². The lowest BCUT2D eigenvalue weighted by Gasteiger charge is -2.22. The molecule has 1 aromatic carbocycles. The summed E-state index contributed by atoms with van der Waals surface area (Å²) < 4.78 is 38.2. The maximum atomic E-state index is 12.7. The van der Waals surface area contributed by atoms with Crippen LogP contribution >= 0.6 is 0 Å². The average Bonchev–Trinajstić information content (AvgIpc) is 2.51. The van der Waals surface area contributed by atoms with Gasteiger partial charge in [0, 0.05) is 25.4 Å². The lowest BCUT2D eigenvalue weighted by atomic mass is 9.95. The minimum Gasteiger partial charge on any atom is -0.356 e. The first-order valence-electron chi connectivity index (χ1n) is 7.49. The molecule has 7 heteroatoms. The van der Waals surface area contributed by atoms with E-state index in [9.17, 15) is 22.8 Å². The van der Waals surface area contributed by atoms with Gasteiger partial charge in [-0.2, -0.15) is 13.2 Å². The van der Waals surface area contributed by atoms with Crippen LogP contribution in [-0.4, -0.2) is 24.9 Å². The molecular formula is C16H19F3N2O2. The van der Waals surface area contributed by atoms with Crippen molar-refractivity contribution >= 4 is 11.8 Å². The van der Waals surface area contributed by atoms with Gasteiger partial charge in [-0.1, -0.05) is 25.1 Å². The van der Waals surface area contributed by atoms with Crippen LogP contribution in [0.2, 0.25) is 0 Å². The highest BCUT2D eigenvalue weighted by Crippen LogP contribution is 2.31. The van der Waals surface area contributed by atoms with Gasteiger partial charge in [0.1, 0.15) is 0 Å². The summed E-state index contributed by atoms with van der Waals surface area (Å²) in [7, 11) is 0. The smallest absolute Gasteiger partial charge is 0.356 e. The molecule has 0 unspecified atom stereocenters. The Labute approximate surface area is 132 Å². The summed E-state index contributed by atoms with van der Waals surface area (Å²) in [4.78, 5) is 23.3. The number of rotatable bonds is 4. The molecule has 1 aromatic rings. The fraction of sp³-hybridized carbons (Fsp3) is 0.500. The molecular weight excluding hydrogens is 309 g/mol. The lowest BCUT2D eigenvalue weighted by Crippen LogP contribution is -2.41. The van der Waals surface area contributed by atoms with Crippen LogP contribution in [0.25, 0.3) is 0 Å². The molecule has 0 spiro atoms. The highest BCUT2D eigenvalue weighted by atomic mass is 19.4. The predicted molar refractivity (Wildman–Crippen MR) is 78.6 cm³/mol. The molecule has 0 bridgehead atoms. The van der Waals surface area contributed by atoms with Crippen molar-refractivity contribution in [3.05, 3.63) is 35.4 Å². The van der Waals surface area contributed by atoms with Gasteiger partial charge in [0.25, 0.3) is 0 Å². The van der Waals surface area contributed by atoms with E-state index < -0.39 is 11.7 Å². The van der Waals surface area contributed by atoms with Crippen molar-refractivity contribution in [2.24, 2.45) is 5.92 Å². The van der Waals surface area contributed by atoms with Crippen molar-refractivity contribution in [1.82, 2.24) is 10.6 Å². The van der Waals surface area contributed by atoms with Gasteiger partial charge in [0.15, 0.2) is 0 Å². The molecule has 1 aliphatic rings. The number of nitrogens with one attached hydrogen (secondary N) is 2. The Bertz CT molecular complexity index is 587. The van der Waals surface area contributed by atoms with E-state index in [0.29, 0.717) is 18.5 Å². The summed E-state index contributed by atoms with van der Waals surface area (Å²) in [6.07, 6.45) is -3.65. The molecule has 1 aliphatic heterocycles. The topological polar surface area (TPSA) is 58.2 Å². The number of amides is 2. The zero-order chi connectivity index (χ0) is 17.0. The summed E-state index contributed by atoms with van der Waals surface area (Å²) in [5.74, 6) is -0.989. The Kier molecular flexibility index (Phi) is 5.28. The van der Waals surface area contributed by atoms with Crippen molar-refractivity contribution < 1.29 is 22.8 Å². The summed E-state index contributed by atoms with van der Waals surface area (Å²) in [6, 6.07) is 5.10. The molecule has 2 atom stereocenters. The Hall–Kier alpha value is -2.05. The van der Waals surface area contributed by atoms with E-state index in [4.69, 9.17) is 0 Å². The maximum absolute atomic E-state index is 12.7. The number of carbonyl (C=O) groups is 2. The van der Waals surface area contributed by atoms with Crippen molar-refractivity contribution in [1.29, 1.82) is 0 Å². The quantitative estimate of drug-likeness (QED) is 0.892. The molecule has 0 aliphatic carbocycles. The Morgan fingerprint density at radius 1 is 1.43 bits per heavy atom. The van der Waals surface area contributed by atoms with Crippen LogP contribution in [0.1, 0.15) is 36.8 Å². The molecule has 0 aromatic heterocycles. The Morgan fingerprint density at radius 2 is 2.17 bits per heavy atom. The van der Waals surface area contributed by atoms with Crippen LogP contribution in [0, 0.1) is 5.92 Å². The minimum absolute atomic E-state index is 0.151. The maximum Gasteiger partial charge on any atom is 0.416 e. The minimum atomic E-state index is -4.38. The molecule has 1 saturated heterocycles. The SMILES string of the molecule is C[C@@H](CNC(=O)[C@@H]1CCNC(=O)C1)c1cccc(C(F)(F)F)c1. The van der Waals surface area contributed by atoms with Gasteiger partial charge in [-0.3, -0.25) is 9.59 Å². The second-order valence-electron chi connectivity index (χ2n) is 5.81. The summed E-state index contributed by atoms with van der Waals surface area (Å²) in [5, 5.41) is 5.38. The largest absolute Gasteiger partial charge is 0.416 e. The van der Waals surface area contributed by atoms with E-state index in [1.54, 1.807) is 13.0 Å². The first-order chi connectivity index (χ1) is 10.8. The molecule has 0 radical (unpaired) electrons. The average molecular weight is 328 g/mol. The second kappa shape index (κ2) is 7.02. The molecule has 2 rings (SSSR count). The predicted octanol–water partition coefficient (Wildman–Crippen LogP) is 2.45. The molecule has 1 fully saturated rings. The van der Waals surface area contributed by atoms with Crippen molar-refractivity contribution in [2.75, 3.05) is 13.1 Å². The number of piperidine rings is 1. The summed E-state index contributed by atoms with van der Waals surface area (Å²) in [5.41, 5.74) is -0.182. The standard InChI is InChI=1S/C16H19F3N2O2/c1-10(11-3-2-4-13(7-11)16(17,18)19)9-21-15(23)12-5-6-20-14(22)8-12/h2-4,7,10,12H,5-6,8-9H2,1H3,(H,20,22)(H,21,23)/t10-,12+/m0/s1. The molecule has 1 heterocycles. The van der Waals surface area contributed by atoms with Crippen LogP contribution in [0.5, 0.6) is 0 Å². The van der Waals surface area contributed by atoms with Crippen LogP contribution in [-0.2, 0) is 15.8 Å². The van der Waals surface area contributed by atoms with Gasteiger partial charge < -0.3 is 10.6 Å². The van der Waals surface area contributed by atoms with Gasteiger partial charge in [0.2, 0.25) is 11.8 Å². The summed E-state index contributed by atoms with van der Waals surface area (Å²) in [6.45, 7) is 2.46. The summed E-state index contributed by atoms with van der Waals surface area (Å²) >= 11 is 0. The fourth-order valence-electron chi connectivity index (χ4n) is 2.55. The number of alkyl halides is 3. The number of hydrogen-bond acceptors (Lipinski definition) is 2. The number of hydrogen-bond donors (Lipinski definition) is 2. The molecule has 126 valence electrons. The number of benzene rings is 1. The Morgan fingerprint density at radius 3 is 2.83 bits per heavy atom. The van der Waals surface area contributed by atoms with Crippen LogP contribution in [0.3, 0.4) is 0 Å². The number of halogens is 3. The van der Waals surface area contributed by atoms with Gasteiger partial charge in [-0.15, -0.1) is 0 Å². The number of carbonyl (C=O) groups excluding carboxylic acids is 2. The van der Waals surface area contributed by atoms with Gasteiger partial charge in [-0.25, -0.2) is 0 Å². The van der Waals surface area contributed by atoms with E-state index in [-0.39, 0.29) is 36.6 Å². The third-order valence-corrected chi connectivity index (χ3v) is 3.98. The van der Waals surface area contributed by atoms with Gasteiger partial charge >= 0.3 is 6.18 Å². The molecule has 23 heavy (non-hydrogen) atoms. The lowest BCUT2D eigenvalue weighted by molar-refractivity contribution is -0.137. The third kappa shape index (κ3) is 4.71. The highest BCUT2D eigenvalue weighted by molar-refractivity contribution is 5.86. The third-order valence-electron chi connectivity index (χ3n) is 3.98. The van der Waals surface area contributed by atoms with Crippen molar-refractivity contribution in [2.45, 2.75) is 31.9 Å². The van der Waals surface area contributed by atoms with Crippen molar-refractivity contribution in [3.8, 4) is 0 Å². The van der Waals surface area contributed by atoms with Crippen LogP contribution in [0.4, 0.5) is 13.2 Å². The van der Waals surface area contributed by atoms with E-state index in [0.717, 1.165) is 12.1 Å². The normalized spacial score (nSPS) is 19.8. The van der Waals surface area contributed by atoms with E-state index in [2.05, 4.69) is 10.6 Å². The van der Waals surface area contributed by atoms with Crippen molar-refractivity contribution in [3.63, 3.8) is 0 Å². The molecule has 2 amide bonds. The van der Waals surface area contributed by atoms with E-state index in [1.165, 1.54) is 6.07 Å². The second-order valence-corrected chi connectivity index (χ2v) is 5.81. The zero-order valence-corrected chi connectivity index (χ0v) is 12.7. The van der Waals surface area contributed by atoms with E-state index >= 15 is 0 Å². The molecule has 4 nitrogen and oxygen atoms in total.